The van der Waals surface area contributed by atoms with Gasteiger partial charge >= 0.3 is 0 Å². The van der Waals surface area contributed by atoms with Crippen LogP contribution in [0.3, 0.4) is 0 Å². The molecule has 0 saturated carbocycles. The van der Waals surface area contributed by atoms with E-state index < -0.39 is 0 Å². The summed E-state index contributed by atoms with van der Waals surface area (Å²) in [6.45, 7) is 3.71. The molecule has 0 unspecified atom stereocenters. The van der Waals surface area contributed by atoms with Gasteiger partial charge in [0.1, 0.15) is 0 Å². The van der Waals surface area contributed by atoms with Gasteiger partial charge in [-0.3, -0.25) is 19.4 Å². The van der Waals surface area contributed by atoms with Crippen LogP contribution in [-0.2, 0) is 9.59 Å². The Morgan fingerprint density at radius 3 is 2.14 bits per heavy atom. The molecule has 3 rings (SSSR count). The average molecular weight is 401 g/mol. The van der Waals surface area contributed by atoms with Gasteiger partial charge < -0.3 is 10.2 Å². The standard InChI is InChI=1S/C21H25ClN4O2/c1-24(17-7-3-2-4-8-17)21(28)16-26-13-11-25(12-14-26)15-20(27)23-19-10-6-5-9-18(19)22/h2-10H,11-16H2,1H3,(H,23,27). The highest BCUT2D eigenvalue weighted by Crippen LogP contribution is 2.20. The van der Waals surface area contributed by atoms with Gasteiger partial charge in [0.15, 0.2) is 0 Å². The summed E-state index contributed by atoms with van der Waals surface area (Å²) in [4.78, 5) is 30.7. The van der Waals surface area contributed by atoms with Crippen LogP contribution >= 0.6 is 11.6 Å². The maximum atomic E-state index is 12.5. The van der Waals surface area contributed by atoms with Crippen molar-refractivity contribution >= 4 is 34.8 Å². The maximum absolute atomic E-state index is 12.5. The zero-order chi connectivity index (χ0) is 19.9. The number of anilines is 2. The second-order valence-corrected chi connectivity index (χ2v) is 7.28. The molecule has 0 spiro atoms. The highest BCUT2D eigenvalue weighted by molar-refractivity contribution is 6.33. The van der Waals surface area contributed by atoms with Crippen LogP contribution in [-0.4, -0.2) is 67.9 Å². The first-order chi connectivity index (χ1) is 13.5. The number of halogens is 1. The highest BCUT2D eigenvalue weighted by atomic mass is 35.5. The van der Waals surface area contributed by atoms with Crippen LogP contribution in [0.15, 0.2) is 54.6 Å². The Kier molecular flexibility index (Phi) is 7.03. The summed E-state index contributed by atoms with van der Waals surface area (Å²) in [5.41, 5.74) is 1.52. The molecule has 2 amide bonds. The number of carbonyl (C=O) groups excluding carboxylic acids is 2. The molecule has 0 aliphatic carbocycles. The molecule has 0 atom stereocenters. The minimum absolute atomic E-state index is 0.0658. The van der Waals surface area contributed by atoms with Crippen molar-refractivity contribution in [2.45, 2.75) is 0 Å². The zero-order valence-electron chi connectivity index (χ0n) is 16.0. The number of carbonyl (C=O) groups is 2. The molecule has 1 N–H and O–H groups in total. The molecule has 1 saturated heterocycles. The number of nitrogens with zero attached hydrogens (tertiary/aromatic N) is 3. The molecule has 1 heterocycles. The van der Waals surface area contributed by atoms with Crippen LogP contribution in [0.5, 0.6) is 0 Å². The topological polar surface area (TPSA) is 55.9 Å². The quantitative estimate of drug-likeness (QED) is 0.809. The fourth-order valence-corrected chi connectivity index (χ4v) is 3.34. The molecule has 7 heteroatoms. The third-order valence-electron chi connectivity index (χ3n) is 4.86. The van der Waals surface area contributed by atoms with Gasteiger partial charge in [-0.15, -0.1) is 0 Å². The fraction of sp³-hybridized carbons (Fsp3) is 0.333. The van der Waals surface area contributed by atoms with Gasteiger partial charge in [-0.2, -0.15) is 0 Å². The lowest BCUT2D eigenvalue weighted by Crippen LogP contribution is -2.51. The molecular formula is C21H25ClN4O2. The van der Waals surface area contributed by atoms with E-state index in [0.717, 1.165) is 31.9 Å². The van der Waals surface area contributed by atoms with Crippen molar-refractivity contribution in [2.24, 2.45) is 0 Å². The van der Waals surface area contributed by atoms with Crippen LogP contribution in [0.1, 0.15) is 0 Å². The number of nitrogens with one attached hydrogen (secondary N) is 1. The molecule has 1 fully saturated rings. The summed E-state index contributed by atoms with van der Waals surface area (Å²) in [7, 11) is 1.80. The SMILES string of the molecule is CN(C(=O)CN1CCN(CC(=O)Nc2ccccc2Cl)CC1)c1ccccc1. The van der Waals surface area contributed by atoms with Crippen molar-refractivity contribution < 1.29 is 9.59 Å². The summed E-state index contributed by atoms with van der Waals surface area (Å²) in [6.07, 6.45) is 0. The Bertz CT molecular complexity index is 807. The third-order valence-corrected chi connectivity index (χ3v) is 5.19. The van der Waals surface area contributed by atoms with Crippen LogP contribution < -0.4 is 10.2 Å². The molecular weight excluding hydrogens is 376 g/mol. The first-order valence-corrected chi connectivity index (χ1v) is 9.71. The lowest BCUT2D eigenvalue weighted by atomic mass is 10.2. The first kappa shape index (κ1) is 20.3. The minimum atomic E-state index is -0.0820. The van der Waals surface area contributed by atoms with Gasteiger partial charge in [0.2, 0.25) is 11.8 Å². The van der Waals surface area contributed by atoms with Crippen molar-refractivity contribution in [3.05, 3.63) is 59.6 Å². The molecule has 1 aliphatic heterocycles. The smallest absolute Gasteiger partial charge is 0.240 e. The van der Waals surface area contributed by atoms with E-state index in [1.807, 2.05) is 42.5 Å². The minimum Gasteiger partial charge on any atom is -0.324 e. The second-order valence-electron chi connectivity index (χ2n) is 6.87. The van der Waals surface area contributed by atoms with E-state index in [-0.39, 0.29) is 11.8 Å². The predicted octanol–water partition coefficient (Wildman–Crippen LogP) is 2.56. The van der Waals surface area contributed by atoms with E-state index in [1.54, 1.807) is 24.1 Å². The lowest BCUT2D eigenvalue weighted by molar-refractivity contribution is -0.121. The van der Waals surface area contributed by atoms with Crippen LogP contribution in [0, 0.1) is 0 Å². The number of likely N-dealkylation sites (N-methyl/N-ethyl adjacent to an activating group) is 1. The number of benzene rings is 2. The number of piperazine rings is 1. The molecule has 2 aromatic rings. The highest BCUT2D eigenvalue weighted by Gasteiger charge is 2.22. The molecule has 0 aromatic heterocycles. The van der Waals surface area contributed by atoms with Crippen LogP contribution in [0.2, 0.25) is 5.02 Å². The Hall–Kier alpha value is -2.41. The Balaban J connectivity index is 1.42. The monoisotopic (exact) mass is 400 g/mol. The second kappa shape index (κ2) is 9.68. The Morgan fingerprint density at radius 1 is 0.929 bits per heavy atom. The van der Waals surface area contributed by atoms with Gasteiger partial charge in [-0.05, 0) is 24.3 Å². The van der Waals surface area contributed by atoms with Gasteiger partial charge in [-0.25, -0.2) is 0 Å². The number of para-hydroxylation sites is 2. The van der Waals surface area contributed by atoms with Crippen molar-refractivity contribution in [3.8, 4) is 0 Å². The number of amides is 2. The molecule has 2 aromatic carbocycles. The molecule has 0 radical (unpaired) electrons. The van der Waals surface area contributed by atoms with Crippen molar-refractivity contribution in [2.75, 3.05) is 56.5 Å². The van der Waals surface area contributed by atoms with E-state index in [0.29, 0.717) is 23.8 Å². The third kappa shape index (κ3) is 5.55. The molecule has 1 aliphatic rings. The van der Waals surface area contributed by atoms with E-state index in [1.165, 1.54) is 0 Å². The van der Waals surface area contributed by atoms with E-state index in [2.05, 4.69) is 15.1 Å². The van der Waals surface area contributed by atoms with Gasteiger partial charge in [0, 0.05) is 38.9 Å². The van der Waals surface area contributed by atoms with Crippen LogP contribution in [0.4, 0.5) is 11.4 Å². The fourth-order valence-electron chi connectivity index (χ4n) is 3.15. The maximum Gasteiger partial charge on any atom is 0.240 e. The summed E-state index contributed by atoms with van der Waals surface area (Å²) in [6, 6.07) is 16.8. The number of hydrogen-bond acceptors (Lipinski definition) is 4. The van der Waals surface area contributed by atoms with Crippen molar-refractivity contribution in [1.29, 1.82) is 0 Å². The van der Waals surface area contributed by atoms with E-state index >= 15 is 0 Å². The zero-order valence-corrected chi connectivity index (χ0v) is 16.7. The summed E-state index contributed by atoms with van der Waals surface area (Å²) in [5, 5.41) is 3.38. The summed E-state index contributed by atoms with van der Waals surface area (Å²) in [5.74, 6) is -0.0162. The van der Waals surface area contributed by atoms with Crippen LogP contribution in [0.25, 0.3) is 0 Å². The summed E-state index contributed by atoms with van der Waals surface area (Å²) >= 11 is 6.08. The number of hydrogen-bond donors (Lipinski definition) is 1. The lowest BCUT2D eigenvalue weighted by Gasteiger charge is -2.34. The molecule has 6 nitrogen and oxygen atoms in total. The van der Waals surface area contributed by atoms with Gasteiger partial charge in [0.25, 0.3) is 0 Å². The van der Waals surface area contributed by atoms with Gasteiger partial charge in [0.05, 0.1) is 23.8 Å². The average Bonchev–Trinajstić information content (AvgIpc) is 2.71. The predicted molar refractivity (Wildman–Crippen MR) is 113 cm³/mol. The Morgan fingerprint density at radius 2 is 1.50 bits per heavy atom. The molecule has 28 heavy (non-hydrogen) atoms. The normalized spacial score (nSPS) is 15.2. The first-order valence-electron chi connectivity index (χ1n) is 9.33. The van der Waals surface area contributed by atoms with Gasteiger partial charge in [-0.1, -0.05) is 41.9 Å². The largest absolute Gasteiger partial charge is 0.324 e. The van der Waals surface area contributed by atoms with E-state index in [4.69, 9.17) is 11.6 Å². The summed E-state index contributed by atoms with van der Waals surface area (Å²) < 4.78 is 0. The molecule has 148 valence electrons. The Labute approximate surface area is 170 Å². The van der Waals surface area contributed by atoms with Crippen molar-refractivity contribution in [1.82, 2.24) is 9.80 Å². The number of rotatable bonds is 6. The molecule has 0 bridgehead atoms. The van der Waals surface area contributed by atoms with E-state index in [9.17, 15) is 9.59 Å². The van der Waals surface area contributed by atoms with Crippen molar-refractivity contribution in [3.63, 3.8) is 0 Å².